The lowest BCUT2D eigenvalue weighted by Gasteiger charge is -2.12. The summed E-state index contributed by atoms with van der Waals surface area (Å²) in [5, 5.41) is 17.0. The molecule has 0 saturated carbocycles. The molecule has 0 aliphatic rings. The van der Waals surface area contributed by atoms with E-state index in [1.165, 1.54) is 0 Å². The molecule has 0 rings (SSSR count). The van der Waals surface area contributed by atoms with Crippen LogP contribution in [0.5, 0.6) is 0 Å². The van der Waals surface area contributed by atoms with Crippen molar-refractivity contribution in [2.24, 2.45) is 0 Å². The third-order valence-electron chi connectivity index (χ3n) is 1.52. The van der Waals surface area contributed by atoms with Crippen LogP contribution in [0.1, 0.15) is 0 Å². The minimum absolute atomic E-state index is 0.171. The van der Waals surface area contributed by atoms with Crippen LogP contribution < -0.4 is 16.0 Å². The molecule has 72 valence electrons. The van der Waals surface area contributed by atoms with Crippen molar-refractivity contribution in [3.63, 3.8) is 0 Å². The lowest BCUT2D eigenvalue weighted by atomic mass is 10.3. The predicted molar refractivity (Wildman–Crippen MR) is 46.9 cm³/mol. The summed E-state index contributed by atoms with van der Waals surface area (Å²) in [7, 11) is 3.45. The van der Waals surface area contributed by atoms with Crippen LogP contribution >= 0.6 is 0 Å². The lowest BCUT2D eigenvalue weighted by Crippen LogP contribution is -2.46. The monoisotopic (exact) mass is 175 g/mol. The molecule has 1 atom stereocenters. The average molecular weight is 175 g/mol. The second kappa shape index (κ2) is 7.02. The molecule has 0 aliphatic carbocycles. The molecule has 0 fully saturated rings. The number of carbonyl (C=O) groups is 1. The van der Waals surface area contributed by atoms with Gasteiger partial charge in [0.1, 0.15) is 6.04 Å². The van der Waals surface area contributed by atoms with E-state index >= 15 is 0 Å². The standard InChI is InChI=1S/C7H17N3O2/c1-8-3-4-10-7(12)6(5-11)9-2/h6,8-9,11H,3-5H2,1-2H3,(H,10,12)/t6-/m0/s1. The number of hydrogen-bond donors (Lipinski definition) is 4. The van der Waals surface area contributed by atoms with E-state index < -0.39 is 6.04 Å². The van der Waals surface area contributed by atoms with E-state index in [2.05, 4.69) is 16.0 Å². The van der Waals surface area contributed by atoms with Crippen LogP contribution in [0.3, 0.4) is 0 Å². The number of hydrogen-bond acceptors (Lipinski definition) is 4. The second-order valence-electron chi connectivity index (χ2n) is 2.42. The van der Waals surface area contributed by atoms with Gasteiger partial charge in [-0.05, 0) is 14.1 Å². The second-order valence-corrected chi connectivity index (χ2v) is 2.42. The zero-order chi connectivity index (χ0) is 9.40. The van der Waals surface area contributed by atoms with Gasteiger partial charge in [-0.15, -0.1) is 0 Å². The van der Waals surface area contributed by atoms with E-state index in [0.29, 0.717) is 6.54 Å². The molecule has 0 heterocycles. The van der Waals surface area contributed by atoms with Gasteiger partial charge >= 0.3 is 0 Å². The third kappa shape index (κ3) is 4.27. The van der Waals surface area contributed by atoms with Crippen molar-refractivity contribution in [2.75, 3.05) is 33.8 Å². The molecule has 0 aromatic rings. The first-order valence-corrected chi connectivity index (χ1v) is 3.96. The van der Waals surface area contributed by atoms with Crippen molar-refractivity contribution >= 4 is 5.91 Å². The zero-order valence-corrected chi connectivity index (χ0v) is 7.55. The maximum Gasteiger partial charge on any atom is 0.239 e. The molecule has 0 saturated heterocycles. The maximum absolute atomic E-state index is 11.1. The summed E-state index contributed by atoms with van der Waals surface area (Å²) in [5.74, 6) is -0.171. The molecule has 0 aliphatic heterocycles. The van der Waals surface area contributed by atoms with Crippen molar-refractivity contribution < 1.29 is 9.90 Å². The van der Waals surface area contributed by atoms with Gasteiger partial charge in [0, 0.05) is 13.1 Å². The van der Waals surface area contributed by atoms with E-state index in [1.54, 1.807) is 7.05 Å². The van der Waals surface area contributed by atoms with Gasteiger partial charge in [-0.2, -0.15) is 0 Å². The molecule has 0 radical (unpaired) electrons. The first-order valence-electron chi connectivity index (χ1n) is 3.96. The van der Waals surface area contributed by atoms with E-state index in [0.717, 1.165) is 6.54 Å². The van der Waals surface area contributed by atoms with Crippen molar-refractivity contribution in [2.45, 2.75) is 6.04 Å². The van der Waals surface area contributed by atoms with E-state index in [9.17, 15) is 4.79 Å². The number of aliphatic hydroxyl groups is 1. The molecular weight excluding hydrogens is 158 g/mol. The van der Waals surface area contributed by atoms with Crippen molar-refractivity contribution in [3.05, 3.63) is 0 Å². The Morgan fingerprint density at radius 2 is 2.08 bits per heavy atom. The Bertz CT molecular complexity index is 126. The first kappa shape index (κ1) is 11.4. The number of aliphatic hydroxyl groups excluding tert-OH is 1. The molecule has 1 amide bonds. The highest BCUT2D eigenvalue weighted by molar-refractivity contribution is 5.81. The van der Waals surface area contributed by atoms with Gasteiger partial charge in [0.05, 0.1) is 6.61 Å². The Morgan fingerprint density at radius 3 is 2.50 bits per heavy atom. The minimum Gasteiger partial charge on any atom is -0.394 e. The van der Waals surface area contributed by atoms with Crippen LogP contribution in [-0.4, -0.2) is 50.8 Å². The summed E-state index contributed by atoms with van der Waals surface area (Å²) in [4.78, 5) is 11.1. The molecule has 5 nitrogen and oxygen atoms in total. The first-order chi connectivity index (χ1) is 5.76. The summed E-state index contributed by atoms with van der Waals surface area (Å²) >= 11 is 0. The predicted octanol–water partition coefficient (Wildman–Crippen LogP) is -2.10. The fourth-order valence-electron chi connectivity index (χ4n) is 0.739. The third-order valence-corrected chi connectivity index (χ3v) is 1.52. The fourth-order valence-corrected chi connectivity index (χ4v) is 0.739. The van der Waals surface area contributed by atoms with Gasteiger partial charge in [-0.1, -0.05) is 0 Å². The Kier molecular flexibility index (Phi) is 6.64. The summed E-state index contributed by atoms with van der Waals surface area (Å²) in [6.07, 6.45) is 0. The lowest BCUT2D eigenvalue weighted by molar-refractivity contribution is -0.123. The Balaban J connectivity index is 3.54. The van der Waals surface area contributed by atoms with Crippen molar-refractivity contribution in [3.8, 4) is 0 Å². The van der Waals surface area contributed by atoms with Crippen molar-refractivity contribution in [1.82, 2.24) is 16.0 Å². The number of carbonyl (C=O) groups excluding carboxylic acids is 1. The zero-order valence-electron chi connectivity index (χ0n) is 7.55. The summed E-state index contributed by atoms with van der Waals surface area (Å²) in [6.45, 7) is 1.13. The quantitative estimate of drug-likeness (QED) is 0.349. The summed E-state index contributed by atoms with van der Waals surface area (Å²) < 4.78 is 0. The maximum atomic E-state index is 11.1. The topological polar surface area (TPSA) is 73.4 Å². The van der Waals surface area contributed by atoms with Crippen LogP contribution in [0.2, 0.25) is 0 Å². The Labute approximate surface area is 72.5 Å². The highest BCUT2D eigenvalue weighted by Crippen LogP contribution is 1.79. The molecule has 5 heteroatoms. The molecule has 0 spiro atoms. The van der Waals surface area contributed by atoms with E-state index in [4.69, 9.17) is 5.11 Å². The number of amides is 1. The van der Waals surface area contributed by atoms with Gasteiger partial charge in [0.25, 0.3) is 0 Å². The van der Waals surface area contributed by atoms with E-state index in [1.807, 2.05) is 7.05 Å². The number of nitrogens with one attached hydrogen (secondary N) is 3. The molecule has 0 bridgehead atoms. The molecule has 0 aromatic carbocycles. The van der Waals surface area contributed by atoms with Crippen LogP contribution in [-0.2, 0) is 4.79 Å². The van der Waals surface area contributed by atoms with Gasteiger partial charge in [-0.3, -0.25) is 4.79 Å². The highest BCUT2D eigenvalue weighted by Gasteiger charge is 2.13. The molecule has 4 N–H and O–H groups in total. The minimum atomic E-state index is -0.498. The van der Waals surface area contributed by atoms with Gasteiger partial charge in [0.2, 0.25) is 5.91 Å². The molecular formula is C7H17N3O2. The summed E-state index contributed by atoms with van der Waals surface area (Å²) in [6, 6.07) is -0.498. The van der Waals surface area contributed by atoms with Crippen LogP contribution in [0.4, 0.5) is 0 Å². The molecule has 0 aromatic heterocycles. The van der Waals surface area contributed by atoms with Crippen LogP contribution in [0.15, 0.2) is 0 Å². The largest absolute Gasteiger partial charge is 0.394 e. The molecule has 12 heavy (non-hydrogen) atoms. The van der Waals surface area contributed by atoms with Gasteiger partial charge in [-0.25, -0.2) is 0 Å². The number of rotatable bonds is 6. The Hall–Kier alpha value is -0.650. The number of likely N-dealkylation sites (N-methyl/N-ethyl adjacent to an activating group) is 2. The van der Waals surface area contributed by atoms with Crippen LogP contribution in [0, 0.1) is 0 Å². The Morgan fingerprint density at radius 1 is 1.42 bits per heavy atom. The van der Waals surface area contributed by atoms with Gasteiger partial charge in [0.15, 0.2) is 0 Å². The average Bonchev–Trinajstić information content (AvgIpc) is 2.07. The fraction of sp³-hybridized carbons (Fsp3) is 0.857. The SMILES string of the molecule is CNCCNC(=O)[C@H](CO)NC. The molecule has 0 unspecified atom stereocenters. The highest BCUT2D eigenvalue weighted by atomic mass is 16.3. The van der Waals surface area contributed by atoms with Crippen molar-refractivity contribution in [1.29, 1.82) is 0 Å². The van der Waals surface area contributed by atoms with E-state index in [-0.39, 0.29) is 12.5 Å². The smallest absolute Gasteiger partial charge is 0.239 e. The van der Waals surface area contributed by atoms with Crippen LogP contribution in [0.25, 0.3) is 0 Å². The normalized spacial score (nSPS) is 12.6. The van der Waals surface area contributed by atoms with Gasteiger partial charge < -0.3 is 21.1 Å². The summed E-state index contributed by atoms with van der Waals surface area (Å²) in [5.41, 5.74) is 0.